The van der Waals surface area contributed by atoms with E-state index < -0.39 is 0 Å². The molecule has 0 fully saturated rings. The van der Waals surface area contributed by atoms with Crippen LogP contribution in [0.1, 0.15) is 53.4 Å². The van der Waals surface area contributed by atoms with Gasteiger partial charge in [0.1, 0.15) is 0 Å². The third kappa shape index (κ3) is 7.57. The lowest BCUT2D eigenvalue weighted by molar-refractivity contribution is -0.139. The summed E-state index contributed by atoms with van der Waals surface area (Å²) in [6, 6.07) is -1.51. The Labute approximate surface area is 156 Å². The van der Waals surface area contributed by atoms with Gasteiger partial charge in [-0.1, -0.05) is 0 Å². The predicted octanol–water partition coefficient (Wildman–Crippen LogP) is -0.273. The molecule has 0 rings (SSSR count). The highest BCUT2D eigenvalue weighted by Gasteiger charge is 2.26. The number of hydrogen-bond acceptors (Lipinski definition) is 6. The van der Waals surface area contributed by atoms with E-state index in [4.69, 9.17) is 0 Å². The highest BCUT2D eigenvalue weighted by atomic mass is 16.3. The molecule has 0 bridgehead atoms. The highest BCUT2D eigenvalue weighted by molar-refractivity contribution is 5.78. The number of amides is 2. The van der Waals surface area contributed by atoms with Crippen molar-refractivity contribution in [1.29, 1.82) is 0 Å². The number of aliphatic hydroxyl groups excluding tert-OH is 4. The molecular formula is C18H36N2O6. The van der Waals surface area contributed by atoms with Gasteiger partial charge in [0.25, 0.3) is 0 Å². The van der Waals surface area contributed by atoms with Crippen LogP contribution in [0.25, 0.3) is 0 Å². The van der Waals surface area contributed by atoms with Crippen molar-refractivity contribution in [1.82, 2.24) is 9.80 Å². The van der Waals surface area contributed by atoms with Gasteiger partial charge >= 0.3 is 0 Å². The molecule has 4 unspecified atom stereocenters. The maximum absolute atomic E-state index is 12.4. The summed E-state index contributed by atoms with van der Waals surface area (Å²) in [5, 5.41) is 37.2. The van der Waals surface area contributed by atoms with Crippen molar-refractivity contribution in [3.05, 3.63) is 0 Å². The summed E-state index contributed by atoms with van der Waals surface area (Å²) in [7, 11) is 0. The minimum atomic E-state index is -0.377. The molecule has 0 saturated heterocycles. The predicted molar refractivity (Wildman–Crippen MR) is 98.4 cm³/mol. The van der Waals surface area contributed by atoms with E-state index >= 15 is 0 Å². The van der Waals surface area contributed by atoms with Gasteiger partial charge in [-0.3, -0.25) is 9.59 Å². The van der Waals surface area contributed by atoms with E-state index in [1.165, 1.54) is 9.80 Å². The Kier molecular flexibility index (Phi) is 12.4. The Hall–Kier alpha value is -1.22. The molecule has 0 aromatic carbocycles. The average Bonchev–Trinajstić information content (AvgIpc) is 2.64. The number of nitrogens with zero attached hydrogens (tertiary/aromatic N) is 2. The summed E-state index contributed by atoms with van der Waals surface area (Å²) >= 11 is 0. The first-order valence-electron chi connectivity index (χ1n) is 9.30. The fraction of sp³-hybridized carbons (Fsp3) is 0.889. The van der Waals surface area contributed by atoms with Gasteiger partial charge < -0.3 is 30.2 Å². The standard InChI is InChI=1S/C18H36N2O6/c1-13(9-21)19(14(2)10-22)17(25)7-5-6-8-18(26)20(15(3)11-23)16(4)12-24/h13-16,21-24H,5-12H2,1-4H3. The van der Waals surface area contributed by atoms with Gasteiger partial charge in [0.15, 0.2) is 0 Å². The van der Waals surface area contributed by atoms with Crippen molar-refractivity contribution in [2.45, 2.75) is 77.5 Å². The molecule has 0 spiro atoms. The minimum Gasteiger partial charge on any atom is -0.394 e. The van der Waals surface area contributed by atoms with Gasteiger partial charge in [0.2, 0.25) is 11.8 Å². The normalized spacial score (nSPS) is 15.8. The van der Waals surface area contributed by atoms with Crippen LogP contribution in [0.15, 0.2) is 0 Å². The van der Waals surface area contributed by atoms with Crippen LogP contribution >= 0.6 is 0 Å². The van der Waals surface area contributed by atoms with Crippen molar-refractivity contribution in [3.63, 3.8) is 0 Å². The zero-order chi connectivity index (χ0) is 20.3. The lowest BCUT2D eigenvalue weighted by Gasteiger charge is -2.33. The number of carbonyl (C=O) groups is 2. The molecule has 0 heterocycles. The second-order valence-electron chi connectivity index (χ2n) is 6.94. The van der Waals surface area contributed by atoms with Crippen molar-refractivity contribution >= 4 is 11.8 Å². The molecule has 8 nitrogen and oxygen atoms in total. The van der Waals surface area contributed by atoms with E-state index in [1.54, 1.807) is 27.7 Å². The monoisotopic (exact) mass is 376 g/mol. The summed E-state index contributed by atoms with van der Waals surface area (Å²) < 4.78 is 0. The molecule has 0 aliphatic carbocycles. The maximum atomic E-state index is 12.4. The summed E-state index contributed by atoms with van der Waals surface area (Å²) in [5.74, 6) is -0.324. The molecule has 4 N–H and O–H groups in total. The zero-order valence-corrected chi connectivity index (χ0v) is 16.5. The smallest absolute Gasteiger partial charge is 0.223 e. The number of hydrogen-bond donors (Lipinski definition) is 4. The number of carbonyl (C=O) groups excluding carboxylic acids is 2. The van der Waals surface area contributed by atoms with Gasteiger partial charge in [-0.25, -0.2) is 0 Å². The van der Waals surface area contributed by atoms with E-state index in [-0.39, 0.29) is 75.3 Å². The largest absolute Gasteiger partial charge is 0.394 e. The van der Waals surface area contributed by atoms with Crippen LogP contribution in [0.3, 0.4) is 0 Å². The van der Waals surface area contributed by atoms with Crippen LogP contribution in [0, 0.1) is 0 Å². The Morgan fingerprint density at radius 2 is 0.846 bits per heavy atom. The molecule has 26 heavy (non-hydrogen) atoms. The van der Waals surface area contributed by atoms with Crippen molar-refractivity contribution in [2.24, 2.45) is 0 Å². The molecule has 0 aliphatic heterocycles. The van der Waals surface area contributed by atoms with E-state index in [1.807, 2.05) is 0 Å². The van der Waals surface area contributed by atoms with Crippen LogP contribution in [0.2, 0.25) is 0 Å². The third-order valence-corrected chi connectivity index (χ3v) is 4.56. The number of aliphatic hydroxyl groups is 4. The molecule has 0 radical (unpaired) electrons. The van der Waals surface area contributed by atoms with Gasteiger partial charge in [-0.2, -0.15) is 0 Å². The Balaban J connectivity index is 4.57. The molecule has 0 aromatic rings. The molecule has 4 atom stereocenters. The van der Waals surface area contributed by atoms with Crippen LogP contribution in [0.4, 0.5) is 0 Å². The number of unbranched alkanes of at least 4 members (excludes halogenated alkanes) is 1. The maximum Gasteiger partial charge on any atom is 0.223 e. The lowest BCUT2D eigenvalue weighted by Crippen LogP contribution is -2.48. The average molecular weight is 376 g/mol. The van der Waals surface area contributed by atoms with Crippen molar-refractivity contribution in [3.8, 4) is 0 Å². The van der Waals surface area contributed by atoms with Crippen LogP contribution < -0.4 is 0 Å². The zero-order valence-electron chi connectivity index (χ0n) is 16.5. The van der Waals surface area contributed by atoms with Crippen LogP contribution in [0.5, 0.6) is 0 Å². The molecule has 154 valence electrons. The van der Waals surface area contributed by atoms with E-state index in [9.17, 15) is 30.0 Å². The van der Waals surface area contributed by atoms with Crippen molar-refractivity contribution < 1.29 is 30.0 Å². The second-order valence-corrected chi connectivity index (χ2v) is 6.94. The van der Waals surface area contributed by atoms with Gasteiger partial charge in [-0.05, 0) is 40.5 Å². The molecule has 2 amide bonds. The summed E-state index contributed by atoms with van der Waals surface area (Å²) in [6.45, 7) is 6.17. The SMILES string of the molecule is CC(CO)N(C(=O)CCCCC(=O)N(C(C)CO)C(C)CO)C(C)CO. The molecular weight excluding hydrogens is 340 g/mol. The first-order chi connectivity index (χ1) is 12.2. The molecule has 0 saturated carbocycles. The summed E-state index contributed by atoms with van der Waals surface area (Å²) in [5.41, 5.74) is 0. The second kappa shape index (κ2) is 13.0. The molecule has 8 heteroatoms. The Bertz CT molecular complexity index is 362. The fourth-order valence-corrected chi connectivity index (χ4v) is 3.01. The third-order valence-electron chi connectivity index (χ3n) is 4.56. The van der Waals surface area contributed by atoms with E-state index in [2.05, 4.69) is 0 Å². The van der Waals surface area contributed by atoms with Crippen LogP contribution in [-0.4, -0.2) is 92.6 Å². The first-order valence-corrected chi connectivity index (χ1v) is 9.30. The van der Waals surface area contributed by atoms with Gasteiger partial charge in [-0.15, -0.1) is 0 Å². The van der Waals surface area contributed by atoms with Gasteiger partial charge in [0, 0.05) is 12.8 Å². The quantitative estimate of drug-likeness (QED) is 0.328. The Morgan fingerprint density at radius 3 is 1.04 bits per heavy atom. The topological polar surface area (TPSA) is 122 Å². The van der Waals surface area contributed by atoms with Crippen molar-refractivity contribution in [2.75, 3.05) is 26.4 Å². The summed E-state index contributed by atoms with van der Waals surface area (Å²) in [4.78, 5) is 27.7. The van der Waals surface area contributed by atoms with E-state index in [0.717, 1.165) is 0 Å². The molecule has 0 aromatic heterocycles. The number of rotatable bonds is 13. The highest BCUT2D eigenvalue weighted by Crippen LogP contribution is 2.14. The first kappa shape index (κ1) is 24.8. The van der Waals surface area contributed by atoms with Gasteiger partial charge in [0.05, 0.1) is 50.6 Å². The lowest BCUT2D eigenvalue weighted by atomic mass is 10.1. The fourth-order valence-electron chi connectivity index (χ4n) is 3.01. The Morgan fingerprint density at radius 1 is 0.615 bits per heavy atom. The molecule has 0 aliphatic rings. The summed E-state index contributed by atoms with van der Waals surface area (Å²) in [6.07, 6.45) is 1.47. The van der Waals surface area contributed by atoms with E-state index in [0.29, 0.717) is 12.8 Å². The minimum absolute atomic E-state index is 0.162. The van der Waals surface area contributed by atoms with Crippen LogP contribution in [-0.2, 0) is 9.59 Å².